The Morgan fingerprint density at radius 3 is 3.07 bits per heavy atom. The fourth-order valence-corrected chi connectivity index (χ4v) is 1.61. The number of nitrogens with one attached hydrogen (secondary N) is 1. The molecule has 0 unspecified atom stereocenters. The maximum absolute atomic E-state index is 5.70. The van der Waals surface area contributed by atoms with Crippen molar-refractivity contribution >= 4 is 17.1 Å². The molecular formula is C10H14N4. The Bertz CT molecular complexity index is 361. The summed E-state index contributed by atoms with van der Waals surface area (Å²) in [5, 5.41) is 4.01. The zero-order valence-electron chi connectivity index (χ0n) is 8.20. The highest BCUT2D eigenvalue weighted by Gasteiger charge is 2.22. The van der Waals surface area contributed by atoms with Crippen LogP contribution in [-0.2, 0) is 0 Å². The second-order valence-electron chi connectivity index (χ2n) is 3.28. The van der Waals surface area contributed by atoms with Crippen LogP contribution in [0.15, 0.2) is 30.9 Å². The number of nitrogens with zero attached hydrogens (tertiary/aromatic N) is 2. The van der Waals surface area contributed by atoms with E-state index in [2.05, 4.69) is 17.0 Å². The first-order valence-electron chi connectivity index (χ1n) is 4.50. The lowest BCUT2D eigenvalue weighted by Crippen LogP contribution is -2.38. The lowest BCUT2D eigenvalue weighted by Gasteiger charge is -2.24. The lowest BCUT2D eigenvalue weighted by atomic mass is 10.2. The summed E-state index contributed by atoms with van der Waals surface area (Å²) in [5.74, 6) is 0. The van der Waals surface area contributed by atoms with Gasteiger partial charge >= 0.3 is 0 Å². The molecule has 1 aliphatic heterocycles. The molecule has 1 heterocycles. The largest absolute Gasteiger partial charge is 0.399 e. The van der Waals surface area contributed by atoms with Gasteiger partial charge in [-0.3, -0.25) is 10.4 Å². The third-order valence-corrected chi connectivity index (χ3v) is 2.25. The summed E-state index contributed by atoms with van der Waals surface area (Å²) in [6, 6.07) is 5.83. The molecular weight excluding hydrogens is 176 g/mol. The predicted octanol–water partition coefficient (Wildman–Crippen LogP) is 1.45. The van der Waals surface area contributed by atoms with E-state index < -0.39 is 0 Å². The van der Waals surface area contributed by atoms with Crippen LogP contribution in [0.25, 0.3) is 0 Å². The highest BCUT2D eigenvalue weighted by molar-refractivity contribution is 5.76. The van der Waals surface area contributed by atoms with Crippen LogP contribution < -0.4 is 16.2 Å². The van der Waals surface area contributed by atoms with Crippen molar-refractivity contribution in [3.8, 4) is 0 Å². The first-order valence-corrected chi connectivity index (χ1v) is 4.50. The van der Waals surface area contributed by atoms with Crippen LogP contribution in [0.3, 0.4) is 0 Å². The molecule has 1 aliphatic rings. The standard InChI is InChI=1S/C10H14N4/c1-3-6-14-10-5-4-8(11)7-9(10)12-13(14)2/h3-5,7,12H,1,6,11H2,2H3. The van der Waals surface area contributed by atoms with Crippen molar-refractivity contribution in [3.63, 3.8) is 0 Å². The van der Waals surface area contributed by atoms with Gasteiger partial charge in [-0.25, -0.2) is 0 Å². The lowest BCUT2D eigenvalue weighted by molar-refractivity contribution is 0.399. The third kappa shape index (κ3) is 1.29. The van der Waals surface area contributed by atoms with Crippen LogP contribution in [0.1, 0.15) is 0 Å². The van der Waals surface area contributed by atoms with Crippen LogP contribution in [-0.4, -0.2) is 18.7 Å². The van der Waals surface area contributed by atoms with E-state index >= 15 is 0 Å². The molecule has 1 aromatic rings. The molecule has 2 rings (SSSR count). The Morgan fingerprint density at radius 2 is 2.36 bits per heavy atom. The summed E-state index contributed by atoms with van der Waals surface area (Å²) in [6.45, 7) is 4.51. The highest BCUT2D eigenvalue weighted by atomic mass is 15.8. The van der Waals surface area contributed by atoms with E-state index in [9.17, 15) is 0 Å². The van der Waals surface area contributed by atoms with Crippen molar-refractivity contribution in [1.29, 1.82) is 0 Å². The van der Waals surface area contributed by atoms with Crippen molar-refractivity contribution in [2.45, 2.75) is 0 Å². The van der Waals surface area contributed by atoms with Crippen molar-refractivity contribution < 1.29 is 0 Å². The molecule has 0 radical (unpaired) electrons. The van der Waals surface area contributed by atoms with Crippen LogP contribution in [0.4, 0.5) is 17.1 Å². The molecule has 3 N–H and O–H groups in total. The molecule has 0 bridgehead atoms. The normalized spacial score (nSPS) is 15.1. The minimum atomic E-state index is 0.769. The molecule has 1 aromatic carbocycles. The number of fused-ring (bicyclic) bond motifs is 1. The molecule has 0 amide bonds. The quantitative estimate of drug-likeness (QED) is 0.547. The Labute approximate surface area is 83.5 Å². The second kappa shape index (κ2) is 3.23. The van der Waals surface area contributed by atoms with Gasteiger partial charge in [0.05, 0.1) is 17.9 Å². The number of benzene rings is 1. The summed E-state index contributed by atoms with van der Waals surface area (Å²) in [6.07, 6.45) is 1.86. The van der Waals surface area contributed by atoms with E-state index in [1.165, 1.54) is 0 Å². The first-order chi connectivity index (χ1) is 6.72. The molecule has 14 heavy (non-hydrogen) atoms. The summed E-state index contributed by atoms with van der Waals surface area (Å²) in [4.78, 5) is 0. The van der Waals surface area contributed by atoms with Crippen molar-refractivity contribution in [2.24, 2.45) is 0 Å². The van der Waals surface area contributed by atoms with Gasteiger partial charge in [-0.2, -0.15) is 0 Å². The van der Waals surface area contributed by atoms with E-state index in [0.717, 1.165) is 23.6 Å². The topological polar surface area (TPSA) is 44.5 Å². The minimum Gasteiger partial charge on any atom is -0.399 e. The average molecular weight is 190 g/mol. The number of hydrazine groups is 2. The molecule has 0 fully saturated rings. The Balaban J connectivity index is 2.37. The maximum Gasteiger partial charge on any atom is 0.0790 e. The van der Waals surface area contributed by atoms with Gasteiger partial charge < -0.3 is 5.73 Å². The summed E-state index contributed by atoms with van der Waals surface area (Å²) >= 11 is 0. The number of anilines is 3. The van der Waals surface area contributed by atoms with Crippen molar-refractivity contribution in [1.82, 2.24) is 5.12 Å². The van der Waals surface area contributed by atoms with Crippen LogP contribution in [0, 0.1) is 0 Å². The van der Waals surface area contributed by atoms with Gasteiger partial charge in [-0.05, 0) is 18.2 Å². The van der Waals surface area contributed by atoms with Gasteiger partial charge in [-0.1, -0.05) is 6.08 Å². The van der Waals surface area contributed by atoms with Crippen molar-refractivity contribution in [3.05, 3.63) is 30.9 Å². The fraction of sp³-hybridized carbons (Fsp3) is 0.200. The first kappa shape index (κ1) is 8.90. The Kier molecular flexibility index (Phi) is 2.05. The van der Waals surface area contributed by atoms with E-state index in [-0.39, 0.29) is 0 Å². The predicted molar refractivity (Wildman–Crippen MR) is 59.8 cm³/mol. The van der Waals surface area contributed by atoms with E-state index in [0.29, 0.717) is 0 Å². The molecule has 0 aromatic heterocycles. The van der Waals surface area contributed by atoms with Crippen LogP contribution in [0.2, 0.25) is 0 Å². The number of hydrogen-bond donors (Lipinski definition) is 2. The average Bonchev–Trinajstić information content (AvgIpc) is 2.43. The van der Waals surface area contributed by atoms with E-state index in [1.54, 1.807) is 0 Å². The van der Waals surface area contributed by atoms with Gasteiger partial charge in [0.15, 0.2) is 0 Å². The SMILES string of the molecule is C=CCN1c2ccc(N)cc2NN1C. The smallest absolute Gasteiger partial charge is 0.0790 e. The van der Waals surface area contributed by atoms with Gasteiger partial charge in [0.25, 0.3) is 0 Å². The van der Waals surface area contributed by atoms with Gasteiger partial charge in [0.1, 0.15) is 0 Å². The summed E-state index contributed by atoms with van der Waals surface area (Å²) in [7, 11) is 1.96. The second-order valence-corrected chi connectivity index (χ2v) is 3.28. The number of nitrogen functional groups attached to an aromatic ring is 1. The maximum atomic E-state index is 5.70. The molecule has 0 saturated carbocycles. The van der Waals surface area contributed by atoms with E-state index in [4.69, 9.17) is 5.73 Å². The molecule has 0 spiro atoms. The highest BCUT2D eigenvalue weighted by Crippen LogP contribution is 2.34. The Morgan fingerprint density at radius 1 is 1.57 bits per heavy atom. The summed E-state index contributed by atoms with van der Waals surface area (Å²) in [5.41, 5.74) is 11.8. The number of nitrogens with two attached hydrogens (primary N) is 1. The molecule has 4 nitrogen and oxygen atoms in total. The van der Waals surface area contributed by atoms with Crippen LogP contribution >= 0.6 is 0 Å². The molecule has 0 aliphatic carbocycles. The Hall–Kier alpha value is -1.68. The van der Waals surface area contributed by atoms with Gasteiger partial charge in [0, 0.05) is 12.7 Å². The van der Waals surface area contributed by atoms with Gasteiger partial charge in [0.2, 0.25) is 0 Å². The number of hydrogen-bond acceptors (Lipinski definition) is 4. The zero-order valence-corrected chi connectivity index (χ0v) is 8.20. The molecule has 74 valence electrons. The van der Waals surface area contributed by atoms with Crippen LogP contribution in [0.5, 0.6) is 0 Å². The summed E-state index contributed by atoms with van der Waals surface area (Å²) < 4.78 is 0. The zero-order chi connectivity index (χ0) is 10.1. The molecule has 0 saturated heterocycles. The van der Waals surface area contributed by atoms with Gasteiger partial charge in [-0.15, -0.1) is 11.7 Å². The number of rotatable bonds is 2. The van der Waals surface area contributed by atoms with E-state index in [1.807, 2.05) is 36.4 Å². The van der Waals surface area contributed by atoms with Crippen molar-refractivity contribution in [2.75, 3.05) is 29.8 Å². The minimum absolute atomic E-state index is 0.769. The fourth-order valence-electron chi connectivity index (χ4n) is 1.61. The monoisotopic (exact) mass is 190 g/mol. The molecule has 4 heteroatoms. The third-order valence-electron chi connectivity index (χ3n) is 2.25. The molecule has 0 atom stereocenters.